The lowest BCUT2D eigenvalue weighted by Crippen LogP contribution is -2.41. The molecule has 0 spiro atoms. The molecule has 28 heavy (non-hydrogen) atoms. The van der Waals surface area contributed by atoms with E-state index in [9.17, 15) is 13.2 Å². The fourth-order valence-electron chi connectivity index (χ4n) is 3.30. The Balaban J connectivity index is 1.62. The van der Waals surface area contributed by atoms with Crippen LogP contribution in [-0.2, 0) is 14.8 Å². The van der Waals surface area contributed by atoms with Gasteiger partial charge in [-0.3, -0.25) is 4.79 Å². The molecule has 1 aliphatic rings. The van der Waals surface area contributed by atoms with E-state index >= 15 is 0 Å². The highest BCUT2D eigenvalue weighted by molar-refractivity contribution is 7.99. The Labute approximate surface area is 171 Å². The second kappa shape index (κ2) is 9.11. The van der Waals surface area contributed by atoms with E-state index in [1.165, 1.54) is 4.31 Å². The number of sulfonamides is 1. The fourth-order valence-corrected chi connectivity index (χ4v) is 5.53. The number of rotatable bonds is 6. The summed E-state index contributed by atoms with van der Waals surface area (Å²) in [5, 5.41) is 3.03. The summed E-state index contributed by atoms with van der Waals surface area (Å²) in [7, 11) is -3.50. The molecule has 3 rings (SSSR count). The maximum absolute atomic E-state index is 12.8. The first-order valence-corrected chi connectivity index (χ1v) is 11.9. The summed E-state index contributed by atoms with van der Waals surface area (Å²) in [6, 6.07) is 14.7. The van der Waals surface area contributed by atoms with Crippen LogP contribution < -0.4 is 5.32 Å². The zero-order valence-electron chi connectivity index (χ0n) is 16.2. The molecule has 1 N–H and O–H groups in total. The zero-order valence-corrected chi connectivity index (χ0v) is 17.9. The number of thioether (sulfide) groups is 1. The van der Waals surface area contributed by atoms with Gasteiger partial charge in [-0.05, 0) is 49.8 Å². The van der Waals surface area contributed by atoms with E-state index in [-0.39, 0.29) is 11.8 Å². The number of carbonyl (C=O) groups is 1. The van der Waals surface area contributed by atoms with Crippen LogP contribution >= 0.6 is 11.8 Å². The molecule has 1 aliphatic heterocycles. The normalized spacial score (nSPS) is 16.1. The van der Waals surface area contributed by atoms with Crippen LogP contribution in [0.2, 0.25) is 0 Å². The molecule has 0 aromatic heterocycles. The quantitative estimate of drug-likeness (QED) is 0.716. The summed E-state index contributed by atoms with van der Waals surface area (Å²) in [6.45, 7) is 4.73. The van der Waals surface area contributed by atoms with Crippen molar-refractivity contribution >= 4 is 33.4 Å². The Morgan fingerprint density at radius 3 is 2.39 bits per heavy atom. The summed E-state index contributed by atoms with van der Waals surface area (Å²) in [5.41, 5.74) is 1.85. The van der Waals surface area contributed by atoms with Crippen molar-refractivity contribution in [2.24, 2.45) is 5.92 Å². The fraction of sp³-hybridized carbons (Fsp3) is 0.381. The number of nitrogens with zero attached hydrogens (tertiary/aromatic N) is 1. The molecule has 1 amide bonds. The minimum Gasteiger partial charge on any atom is -0.325 e. The van der Waals surface area contributed by atoms with Gasteiger partial charge in [-0.1, -0.05) is 36.8 Å². The monoisotopic (exact) mass is 418 g/mol. The summed E-state index contributed by atoms with van der Waals surface area (Å²) < 4.78 is 27.1. The molecule has 0 radical (unpaired) electrons. The number of hydrogen-bond donors (Lipinski definition) is 1. The smallest absolute Gasteiger partial charge is 0.243 e. The number of anilines is 1. The van der Waals surface area contributed by atoms with Crippen LogP contribution in [0.1, 0.15) is 25.3 Å². The number of piperidine rings is 1. The number of hydrogen-bond acceptors (Lipinski definition) is 4. The largest absolute Gasteiger partial charge is 0.325 e. The van der Waals surface area contributed by atoms with Gasteiger partial charge >= 0.3 is 0 Å². The summed E-state index contributed by atoms with van der Waals surface area (Å²) in [6.07, 6.45) is 1.06. The molecule has 2 aromatic carbocycles. The van der Waals surface area contributed by atoms with Crippen LogP contribution in [0.25, 0.3) is 0 Å². The maximum Gasteiger partial charge on any atom is 0.243 e. The van der Waals surface area contributed by atoms with Crippen molar-refractivity contribution in [1.29, 1.82) is 0 Å². The van der Waals surface area contributed by atoms with Gasteiger partial charge in [-0.15, -0.1) is 11.8 Å². The van der Waals surface area contributed by atoms with E-state index in [2.05, 4.69) is 12.2 Å². The number of carbonyl (C=O) groups excluding carboxylic acids is 1. The van der Waals surface area contributed by atoms with Crippen molar-refractivity contribution in [2.45, 2.75) is 36.5 Å². The standard InChI is InChI=1S/C21H26N2O3S2/c1-3-27-20-7-5-4-6-19(20)22-21(24)17-12-14-23(15-13-17)28(25,26)18-10-8-16(2)9-11-18/h4-11,17H,3,12-15H2,1-2H3,(H,22,24). The van der Waals surface area contributed by atoms with Crippen LogP contribution in [0.5, 0.6) is 0 Å². The summed E-state index contributed by atoms with van der Waals surface area (Å²) in [5.74, 6) is 0.725. The Hall–Kier alpha value is -1.83. The molecule has 5 nitrogen and oxygen atoms in total. The molecule has 7 heteroatoms. The van der Waals surface area contributed by atoms with E-state index in [0.717, 1.165) is 21.9 Å². The highest BCUT2D eigenvalue weighted by Gasteiger charge is 2.32. The SMILES string of the molecule is CCSc1ccccc1NC(=O)C1CCN(S(=O)(=O)c2ccc(C)cc2)CC1. The third-order valence-corrected chi connectivity index (χ3v) is 7.80. The van der Waals surface area contributed by atoms with Crippen molar-refractivity contribution in [3.8, 4) is 0 Å². The topological polar surface area (TPSA) is 66.5 Å². The Bertz CT molecular complexity index is 919. The lowest BCUT2D eigenvalue weighted by molar-refractivity contribution is -0.120. The van der Waals surface area contributed by atoms with Crippen LogP contribution in [0.3, 0.4) is 0 Å². The van der Waals surface area contributed by atoms with Crippen molar-refractivity contribution < 1.29 is 13.2 Å². The van der Waals surface area contributed by atoms with Crippen LogP contribution in [0.15, 0.2) is 58.3 Å². The molecule has 150 valence electrons. The van der Waals surface area contributed by atoms with Crippen LogP contribution in [-0.4, -0.2) is 37.5 Å². The van der Waals surface area contributed by atoms with Gasteiger partial charge in [-0.25, -0.2) is 8.42 Å². The summed E-state index contributed by atoms with van der Waals surface area (Å²) >= 11 is 1.69. The van der Waals surface area contributed by atoms with E-state index in [1.54, 1.807) is 36.0 Å². The molecule has 1 saturated heterocycles. The molecule has 1 heterocycles. The van der Waals surface area contributed by atoms with Gasteiger partial charge in [0.2, 0.25) is 15.9 Å². The Morgan fingerprint density at radius 2 is 1.75 bits per heavy atom. The highest BCUT2D eigenvalue weighted by Crippen LogP contribution is 2.29. The van der Waals surface area contributed by atoms with Gasteiger partial charge in [0.15, 0.2) is 0 Å². The van der Waals surface area contributed by atoms with Crippen molar-refractivity contribution in [2.75, 3.05) is 24.2 Å². The predicted octanol–water partition coefficient (Wildman–Crippen LogP) is 4.15. The Kier molecular flexibility index (Phi) is 6.80. The third-order valence-electron chi connectivity index (χ3n) is 4.93. The first-order valence-electron chi connectivity index (χ1n) is 9.51. The number of para-hydroxylation sites is 1. The van der Waals surface area contributed by atoms with E-state index in [0.29, 0.717) is 30.8 Å². The molecule has 0 unspecified atom stereocenters. The molecule has 0 atom stereocenters. The summed E-state index contributed by atoms with van der Waals surface area (Å²) in [4.78, 5) is 14.1. The average Bonchev–Trinajstić information content (AvgIpc) is 2.70. The molecule has 0 bridgehead atoms. The van der Waals surface area contributed by atoms with Crippen molar-refractivity contribution in [3.63, 3.8) is 0 Å². The van der Waals surface area contributed by atoms with Gasteiger partial charge in [0.05, 0.1) is 10.6 Å². The number of nitrogens with one attached hydrogen (secondary N) is 1. The average molecular weight is 419 g/mol. The highest BCUT2D eigenvalue weighted by atomic mass is 32.2. The minimum absolute atomic E-state index is 0.0310. The van der Waals surface area contributed by atoms with Crippen LogP contribution in [0, 0.1) is 12.8 Å². The van der Waals surface area contributed by atoms with Gasteiger partial charge < -0.3 is 5.32 Å². The minimum atomic E-state index is -3.50. The molecule has 1 fully saturated rings. The molecule has 0 aliphatic carbocycles. The lowest BCUT2D eigenvalue weighted by atomic mass is 9.97. The first kappa shape index (κ1) is 20.9. The zero-order chi connectivity index (χ0) is 20.1. The molecular weight excluding hydrogens is 392 g/mol. The third kappa shape index (κ3) is 4.77. The maximum atomic E-state index is 12.8. The molecular formula is C21H26N2O3S2. The Morgan fingerprint density at radius 1 is 1.11 bits per heavy atom. The van der Waals surface area contributed by atoms with Gasteiger partial charge in [0, 0.05) is 23.9 Å². The van der Waals surface area contributed by atoms with E-state index in [1.807, 2.05) is 31.2 Å². The van der Waals surface area contributed by atoms with Gasteiger partial charge in [0.1, 0.15) is 0 Å². The molecule has 0 saturated carbocycles. The first-order chi connectivity index (χ1) is 13.4. The predicted molar refractivity (Wildman–Crippen MR) is 114 cm³/mol. The number of amides is 1. The van der Waals surface area contributed by atoms with Crippen LogP contribution in [0.4, 0.5) is 5.69 Å². The lowest BCUT2D eigenvalue weighted by Gasteiger charge is -2.30. The van der Waals surface area contributed by atoms with Crippen molar-refractivity contribution in [3.05, 3.63) is 54.1 Å². The number of benzene rings is 2. The second-order valence-electron chi connectivity index (χ2n) is 6.91. The second-order valence-corrected chi connectivity index (χ2v) is 10.2. The van der Waals surface area contributed by atoms with Gasteiger partial charge in [0.25, 0.3) is 0 Å². The van der Waals surface area contributed by atoms with Crippen molar-refractivity contribution in [1.82, 2.24) is 4.31 Å². The number of aryl methyl sites for hydroxylation is 1. The van der Waals surface area contributed by atoms with E-state index < -0.39 is 10.0 Å². The van der Waals surface area contributed by atoms with E-state index in [4.69, 9.17) is 0 Å². The van der Waals surface area contributed by atoms with Gasteiger partial charge in [-0.2, -0.15) is 4.31 Å². The molecule has 2 aromatic rings.